The number of hydrogen-bond acceptors (Lipinski definition) is 8. The minimum absolute atomic E-state index is 0.183. The summed E-state index contributed by atoms with van der Waals surface area (Å²) in [7, 11) is 2.28. The average molecular weight is 457 g/mol. The van der Waals surface area contributed by atoms with Crippen LogP contribution < -0.4 is 10.6 Å². The SMILES string of the molecule is COC(=O)C[C@@H](c1ccc([N+](=O)[O-])cc1)[C@@H](NC(=O)CNC(=O)c1ccccc1)C(=O)OC. The van der Waals surface area contributed by atoms with Crippen LogP contribution in [0.3, 0.4) is 0 Å². The van der Waals surface area contributed by atoms with Gasteiger partial charge >= 0.3 is 11.9 Å². The minimum Gasteiger partial charge on any atom is -0.469 e. The number of nitrogens with zero attached hydrogens (tertiary/aromatic N) is 1. The Morgan fingerprint density at radius 2 is 1.61 bits per heavy atom. The van der Waals surface area contributed by atoms with Crippen LogP contribution in [0.5, 0.6) is 0 Å². The van der Waals surface area contributed by atoms with E-state index in [2.05, 4.69) is 10.6 Å². The third kappa shape index (κ3) is 7.13. The van der Waals surface area contributed by atoms with E-state index in [1.807, 2.05) is 0 Å². The van der Waals surface area contributed by atoms with E-state index >= 15 is 0 Å². The highest BCUT2D eigenvalue weighted by Crippen LogP contribution is 2.27. The number of esters is 2. The molecule has 0 spiro atoms. The molecule has 2 N–H and O–H groups in total. The largest absolute Gasteiger partial charge is 0.469 e. The molecule has 0 aliphatic heterocycles. The van der Waals surface area contributed by atoms with Gasteiger partial charge in [-0.1, -0.05) is 30.3 Å². The average Bonchev–Trinajstić information content (AvgIpc) is 2.84. The Balaban J connectivity index is 2.22. The molecule has 0 fully saturated rings. The molecule has 2 aromatic rings. The second kappa shape index (κ2) is 11.9. The maximum absolute atomic E-state index is 12.5. The molecule has 0 unspecified atom stereocenters. The summed E-state index contributed by atoms with van der Waals surface area (Å²) in [6, 6.07) is 12.1. The fraction of sp³-hybridized carbons (Fsp3) is 0.273. The summed E-state index contributed by atoms with van der Waals surface area (Å²) in [6.45, 7) is -0.438. The van der Waals surface area contributed by atoms with Crippen LogP contribution >= 0.6 is 0 Å². The third-order valence-corrected chi connectivity index (χ3v) is 4.77. The molecule has 0 saturated heterocycles. The number of nitro benzene ring substituents is 1. The number of benzene rings is 2. The van der Waals surface area contributed by atoms with Crippen LogP contribution in [-0.2, 0) is 23.9 Å². The van der Waals surface area contributed by atoms with Crippen molar-refractivity contribution in [2.45, 2.75) is 18.4 Å². The van der Waals surface area contributed by atoms with Gasteiger partial charge in [-0.2, -0.15) is 0 Å². The molecule has 0 bridgehead atoms. The van der Waals surface area contributed by atoms with Crippen molar-refractivity contribution in [2.24, 2.45) is 0 Å². The molecule has 0 saturated carbocycles. The first-order valence-corrected chi connectivity index (χ1v) is 9.78. The molecule has 2 amide bonds. The summed E-state index contributed by atoms with van der Waals surface area (Å²) < 4.78 is 9.48. The minimum atomic E-state index is -1.32. The van der Waals surface area contributed by atoms with Gasteiger partial charge in [0.05, 0.1) is 32.1 Å². The molecule has 0 aliphatic rings. The number of non-ortho nitro benzene ring substituents is 1. The summed E-state index contributed by atoms with van der Waals surface area (Å²) in [5, 5.41) is 15.8. The molecule has 11 nitrogen and oxygen atoms in total. The molecule has 0 heterocycles. The molecule has 0 radical (unpaired) electrons. The van der Waals surface area contributed by atoms with Gasteiger partial charge in [0.1, 0.15) is 6.04 Å². The predicted molar refractivity (Wildman–Crippen MR) is 115 cm³/mol. The molecule has 0 aromatic heterocycles. The van der Waals surface area contributed by atoms with Crippen LogP contribution in [0.25, 0.3) is 0 Å². The highest BCUT2D eigenvalue weighted by Gasteiger charge is 2.34. The lowest BCUT2D eigenvalue weighted by atomic mass is 9.88. The lowest BCUT2D eigenvalue weighted by molar-refractivity contribution is -0.384. The van der Waals surface area contributed by atoms with E-state index in [4.69, 9.17) is 9.47 Å². The zero-order valence-corrected chi connectivity index (χ0v) is 18.0. The Morgan fingerprint density at radius 3 is 2.15 bits per heavy atom. The highest BCUT2D eigenvalue weighted by atomic mass is 16.6. The lowest BCUT2D eigenvalue weighted by Gasteiger charge is -2.26. The fourth-order valence-corrected chi connectivity index (χ4v) is 3.06. The van der Waals surface area contributed by atoms with Crippen molar-refractivity contribution in [1.82, 2.24) is 10.6 Å². The Kier molecular flexibility index (Phi) is 9.04. The fourth-order valence-electron chi connectivity index (χ4n) is 3.06. The maximum atomic E-state index is 12.5. The Bertz CT molecular complexity index is 1010. The van der Waals surface area contributed by atoms with E-state index < -0.39 is 47.2 Å². The number of methoxy groups -OCH3 is 2. The predicted octanol–water partition coefficient (Wildman–Crippen LogP) is 1.33. The normalized spacial score (nSPS) is 12.1. The number of carbonyl (C=O) groups is 4. The van der Waals surface area contributed by atoms with E-state index in [1.165, 1.54) is 31.4 Å². The van der Waals surface area contributed by atoms with Crippen molar-refractivity contribution >= 4 is 29.4 Å². The van der Waals surface area contributed by atoms with E-state index in [0.717, 1.165) is 7.11 Å². The smallest absolute Gasteiger partial charge is 0.329 e. The molecule has 0 aliphatic carbocycles. The van der Waals surface area contributed by atoms with Gasteiger partial charge in [-0.25, -0.2) is 4.79 Å². The first-order chi connectivity index (χ1) is 15.8. The molecule has 2 rings (SSSR count). The molecular formula is C22H23N3O8. The highest BCUT2D eigenvalue weighted by molar-refractivity contribution is 5.97. The standard InChI is InChI=1S/C22H23N3O8/c1-32-19(27)12-17(14-8-10-16(11-9-14)25(30)31)20(22(29)33-2)24-18(26)13-23-21(28)15-6-4-3-5-7-15/h3-11,17,20H,12-13H2,1-2H3,(H,23,28)(H,24,26)/t17-,20+/m0/s1. The van der Waals surface area contributed by atoms with E-state index in [-0.39, 0.29) is 12.1 Å². The van der Waals surface area contributed by atoms with Crippen molar-refractivity contribution in [3.05, 3.63) is 75.8 Å². The van der Waals surface area contributed by atoms with Crippen LogP contribution in [0, 0.1) is 10.1 Å². The van der Waals surface area contributed by atoms with Crippen molar-refractivity contribution in [3.8, 4) is 0 Å². The number of hydrogen-bond donors (Lipinski definition) is 2. The number of rotatable bonds is 10. The van der Waals surface area contributed by atoms with Crippen LogP contribution in [-0.4, -0.2) is 55.5 Å². The van der Waals surface area contributed by atoms with Crippen molar-refractivity contribution in [2.75, 3.05) is 20.8 Å². The number of amides is 2. The van der Waals surface area contributed by atoms with E-state index in [0.29, 0.717) is 11.1 Å². The van der Waals surface area contributed by atoms with Gasteiger partial charge in [0.15, 0.2) is 0 Å². The van der Waals surface area contributed by atoms with Crippen LogP contribution in [0.4, 0.5) is 5.69 Å². The van der Waals surface area contributed by atoms with Gasteiger partial charge in [-0.3, -0.25) is 24.5 Å². The summed E-state index contributed by atoms with van der Waals surface area (Å²) in [6.07, 6.45) is -0.315. The van der Waals surface area contributed by atoms with Gasteiger partial charge in [0.25, 0.3) is 11.6 Å². The Hall–Kier alpha value is -4.28. The van der Waals surface area contributed by atoms with Crippen molar-refractivity contribution in [1.29, 1.82) is 0 Å². The Labute approximate surface area is 189 Å². The van der Waals surface area contributed by atoms with E-state index in [9.17, 15) is 29.3 Å². The zero-order chi connectivity index (χ0) is 24.4. The maximum Gasteiger partial charge on any atom is 0.329 e. The van der Waals surface area contributed by atoms with Gasteiger partial charge < -0.3 is 20.1 Å². The first-order valence-electron chi connectivity index (χ1n) is 9.78. The monoisotopic (exact) mass is 457 g/mol. The number of ether oxygens (including phenoxy) is 2. The molecule has 33 heavy (non-hydrogen) atoms. The molecule has 2 atom stereocenters. The van der Waals surface area contributed by atoms with Gasteiger partial charge in [-0.05, 0) is 17.7 Å². The number of carbonyl (C=O) groups excluding carboxylic acids is 4. The van der Waals surface area contributed by atoms with Crippen LogP contribution in [0.1, 0.15) is 28.3 Å². The summed E-state index contributed by atoms with van der Waals surface area (Å²) >= 11 is 0. The van der Waals surface area contributed by atoms with Gasteiger partial charge in [-0.15, -0.1) is 0 Å². The van der Waals surface area contributed by atoms with Crippen LogP contribution in [0.2, 0.25) is 0 Å². The molecular weight excluding hydrogens is 434 g/mol. The summed E-state index contributed by atoms with van der Waals surface area (Å²) in [4.78, 5) is 59.5. The summed E-state index contributed by atoms with van der Waals surface area (Å²) in [5.74, 6) is -3.64. The second-order valence-electron chi connectivity index (χ2n) is 6.85. The molecule has 2 aromatic carbocycles. The number of nitro groups is 1. The lowest BCUT2D eigenvalue weighted by Crippen LogP contribution is -2.49. The Morgan fingerprint density at radius 1 is 0.970 bits per heavy atom. The first kappa shape index (κ1) is 25.0. The third-order valence-electron chi connectivity index (χ3n) is 4.77. The second-order valence-corrected chi connectivity index (χ2v) is 6.85. The van der Waals surface area contributed by atoms with Gasteiger partial charge in [0.2, 0.25) is 5.91 Å². The van der Waals surface area contributed by atoms with E-state index in [1.54, 1.807) is 30.3 Å². The van der Waals surface area contributed by atoms with Gasteiger partial charge in [0, 0.05) is 23.6 Å². The van der Waals surface area contributed by atoms with Crippen molar-refractivity contribution < 1.29 is 33.6 Å². The quantitative estimate of drug-likeness (QED) is 0.308. The summed E-state index contributed by atoms with van der Waals surface area (Å²) in [5.41, 5.74) is 0.539. The van der Waals surface area contributed by atoms with Crippen molar-refractivity contribution in [3.63, 3.8) is 0 Å². The molecule has 174 valence electrons. The topological polar surface area (TPSA) is 154 Å². The molecule has 11 heteroatoms. The van der Waals surface area contributed by atoms with Crippen LogP contribution in [0.15, 0.2) is 54.6 Å². The zero-order valence-electron chi connectivity index (χ0n) is 18.0. The number of nitrogens with one attached hydrogen (secondary N) is 2.